The molecule has 0 amide bonds. The molecule has 0 atom stereocenters. The van der Waals surface area contributed by atoms with Gasteiger partial charge in [0.15, 0.2) is 0 Å². The van der Waals surface area contributed by atoms with Crippen molar-refractivity contribution < 1.29 is 0 Å². The molecule has 0 aromatic heterocycles. The van der Waals surface area contributed by atoms with Gasteiger partial charge in [0.1, 0.15) is 0 Å². The summed E-state index contributed by atoms with van der Waals surface area (Å²) in [7, 11) is 0. The van der Waals surface area contributed by atoms with Crippen LogP contribution in [0, 0.1) is 0 Å². The third kappa shape index (κ3) is 2.63. The summed E-state index contributed by atoms with van der Waals surface area (Å²) < 4.78 is 0. The molecular formula is C26H22. The third-order valence-electron chi connectivity index (χ3n) is 5.72. The van der Waals surface area contributed by atoms with Crippen molar-refractivity contribution >= 4 is 0 Å². The summed E-state index contributed by atoms with van der Waals surface area (Å²) in [6.45, 7) is 0. The Labute approximate surface area is 155 Å². The average Bonchev–Trinajstić information content (AvgIpc) is 3.49. The van der Waals surface area contributed by atoms with Crippen molar-refractivity contribution in [3.05, 3.63) is 132 Å². The Hall–Kier alpha value is -2.86. The van der Waals surface area contributed by atoms with E-state index >= 15 is 0 Å². The third-order valence-corrected chi connectivity index (χ3v) is 5.72. The van der Waals surface area contributed by atoms with Crippen molar-refractivity contribution in [2.75, 3.05) is 0 Å². The summed E-state index contributed by atoms with van der Waals surface area (Å²) in [6, 6.07) is 4.94. The van der Waals surface area contributed by atoms with Gasteiger partial charge in [-0.15, -0.1) is 0 Å². The minimum absolute atomic E-state index is 0.379. The predicted molar refractivity (Wildman–Crippen MR) is 111 cm³/mol. The Morgan fingerprint density at radius 3 is 0.692 bits per heavy atom. The van der Waals surface area contributed by atoms with E-state index in [9.17, 15) is 0 Å². The van der Waals surface area contributed by atoms with Gasteiger partial charge in [0, 0.05) is 23.7 Å². The van der Waals surface area contributed by atoms with E-state index in [1.165, 1.54) is 22.3 Å². The van der Waals surface area contributed by atoms with Gasteiger partial charge in [0.25, 0.3) is 0 Å². The summed E-state index contributed by atoms with van der Waals surface area (Å²) in [6.07, 6.45) is 35.8. The van der Waals surface area contributed by atoms with E-state index in [2.05, 4.69) is 109 Å². The van der Waals surface area contributed by atoms with Crippen LogP contribution in [0.1, 0.15) is 45.9 Å². The lowest BCUT2D eigenvalue weighted by Gasteiger charge is -2.24. The monoisotopic (exact) mass is 334 g/mol. The molecule has 0 saturated heterocycles. The molecule has 0 unspecified atom stereocenters. The quantitative estimate of drug-likeness (QED) is 0.587. The van der Waals surface area contributed by atoms with Gasteiger partial charge in [-0.25, -0.2) is 0 Å². The van der Waals surface area contributed by atoms with Crippen molar-refractivity contribution in [3.63, 3.8) is 0 Å². The van der Waals surface area contributed by atoms with E-state index in [4.69, 9.17) is 0 Å². The van der Waals surface area contributed by atoms with Crippen LogP contribution < -0.4 is 0 Å². The Bertz CT molecular complexity index is 754. The lowest BCUT2D eigenvalue weighted by Crippen LogP contribution is -2.08. The first-order chi connectivity index (χ1) is 12.9. The second kappa shape index (κ2) is 6.46. The van der Waals surface area contributed by atoms with Crippen molar-refractivity contribution in [1.82, 2.24) is 0 Å². The van der Waals surface area contributed by atoms with Crippen molar-refractivity contribution in [2.45, 2.75) is 23.7 Å². The molecule has 4 aliphatic rings. The highest BCUT2D eigenvalue weighted by atomic mass is 14.3. The molecule has 0 fully saturated rings. The van der Waals surface area contributed by atoms with E-state index in [-0.39, 0.29) is 0 Å². The average molecular weight is 334 g/mol. The van der Waals surface area contributed by atoms with Crippen molar-refractivity contribution in [2.24, 2.45) is 0 Å². The van der Waals surface area contributed by atoms with Gasteiger partial charge < -0.3 is 0 Å². The largest absolute Gasteiger partial charge is 0.0732 e. The Morgan fingerprint density at radius 1 is 0.308 bits per heavy atom. The van der Waals surface area contributed by atoms with Crippen LogP contribution in [0.2, 0.25) is 0 Å². The molecule has 0 saturated carbocycles. The highest BCUT2D eigenvalue weighted by Gasteiger charge is 2.25. The Kier molecular flexibility index (Phi) is 3.83. The van der Waals surface area contributed by atoms with Crippen LogP contribution in [0.5, 0.6) is 0 Å². The first kappa shape index (κ1) is 15.4. The van der Waals surface area contributed by atoms with Crippen LogP contribution >= 0.6 is 0 Å². The molecule has 5 rings (SSSR count). The van der Waals surface area contributed by atoms with E-state index < -0.39 is 0 Å². The molecule has 1 aromatic rings. The number of hydrogen-bond acceptors (Lipinski definition) is 0. The molecule has 0 spiro atoms. The first-order valence-corrected chi connectivity index (χ1v) is 9.48. The van der Waals surface area contributed by atoms with Gasteiger partial charge >= 0.3 is 0 Å². The molecule has 0 heteroatoms. The van der Waals surface area contributed by atoms with Crippen LogP contribution in [0.15, 0.2) is 109 Å². The zero-order valence-electron chi connectivity index (χ0n) is 14.7. The molecule has 0 N–H and O–H groups in total. The van der Waals surface area contributed by atoms with E-state index in [0.29, 0.717) is 23.7 Å². The summed E-state index contributed by atoms with van der Waals surface area (Å²) >= 11 is 0. The SMILES string of the molecule is C1=CC(c2cc(C3C=CC=C3)c(C3C=CC=C3)cc2C2C=CC=C2)C=C1. The fraction of sp³-hybridized carbons (Fsp3) is 0.154. The van der Waals surface area contributed by atoms with Gasteiger partial charge in [0.05, 0.1) is 0 Å². The summed E-state index contributed by atoms with van der Waals surface area (Å²) in [5, 5.41) is 0. The van der Waals surface area contributed by atoms with Crippen LogP contribution in [0.4, 0.5) is 0 Å². The van der Waals surface area contributed by atoms with Gasteiger partial charge in [-0.3, -0.25) is 0 Å². The first-order valence-electron chi connectivity index (χ1n) is 9.48. The van der Waals surface area contributed by atoms with E-state index in [1.807, 2.05) is 0 Å². The molecule has 0 heterocycles. The predicted octanol–water partition coefficient (Wildman–Crippen LogP) is 6.53. The van der Waals surface area contributed by atoms with Gasteiger partial charge in [-0.2, -0.15) is 0 Å². The summed E-state index contributed by atoms with van der Waals surface area (Å²) in [4.78, 5) is 0. The van der Waals surface area contributed by atoms with Crippen molar-refractivity contribution in [3.8, 4) is 0 Å². The topological polar surface area (TPSA) is 0 Å². The molecule has 126 valence electrons. The van der Waals surface area contributed by atoms with Crippen LogP contribution in [0.25, 0.3) is 0 Å². The van der Waals surface area contributed by atoms with E-state index in [0.717, 1.165) is 0 Å². The van der Waals surface area contributed by atoms with Crippen LogP contribution in [0.3, 0.4) is 0 Å². The molecule has 0 aliphatic heterocycles. The maximum Gasteiger partial charge on any atom is 0.0208 e. The number of hydrogen-bond donors (Lipinski definition) is 0. The molecule has 26 heavy (non-hydrogen) atoms. The highest BCUT2D eigenvalue weighted by Crippen LogP contribution is 2.41. The minimum atomic E-state index is 0.379. The molecule has 1 aromatic carbocycles. The lowest BCUT2D eigenvalue weighted by molar-refractivity contribution is 0.935. The van der Waals surface area contributed by atoms with Gasteiger partial charge in [0.2, 0.25) is 0 Å². The van der Waals surface area contributed by atoms with Crippen molar-refractivity contribution in [1.29, 1.82) is 0 Å². The molecule has 0 radical (unpaired) electrons. The summed E-state index contributed by atoms with van der Waals surface area (Å²) in [5.74, 6) is 1.52. The Balaban J connectivity index is 1.71. The summed E-state index contributed by atoms with van der Waals surface area (Å²) in [5.41, 5.74) is 5.76. The fourth-order valence-electron chi connectivity index (χ4n) is 4.38. The second-order valence-electron chi connectivity index (χ2n) is 7.29. The molecule has 0 bridgehead atoms. The van der Waals surface area contributed by atoms with E-state index in [1.54, 1.807) is 0 Å². The van der Waals surface area contributed by atoms with Gasteiger partial charge in [-0.1, -0.05) is 109 Å². The number of rotatable bonds is 4. The zero-order chi connectivity index (χ0) is 17.3. The second-order valence-corrected chi connectivity index (χ2v) is 7.29. The van der Waals surface area contributed by atoms with Crippen LogP contribution in [-0.4, -0.2) is 0 Å². The van der Waals surface area contributed by atoms with Gasteiger partial charge in [-0.05, 0) is 22.3 Å². The minimum Gasteiger partial charge on any atom is -0.0732 e. The van der Waals surface area contributed by atoms with Crippen LogP contribution in [-0.2, 0) is 0 Å². The lowest BCUT2D eigenvalue weighted by atomic mass is 9.79. The highest BCUT2D eigenvalue weighted by molar-refractivity contribution is 5.56. The molecule has 4 aliphatic carbocycles. The number of benzene rings is 1. The molecular weight excluding hydrogens is 312 g/mol. The molecule has 0 nitrogen and oxygen atoms in total. The Morgan fingerprint density at radius 2 is 0.500 bits per heavy atom. The number of allylic oxidation sites excluding steroid dienone is 16. The fourth-order valence-corrected chi connectivity index (χ4v) is 4.38. The standard InChI is InChI=1S/C26H22/c1-2-10-19(9-1)23-17-25(21-13-5-6-14-21)26(22-15-7-8-16-22)18-24(23)20-11-3-4-12-20/h1-22H. The smallest absolute Gasteiger partial charge is 0.0208 e. The zero-order valence-corrected chi connectivity index (χ0v) is 14.7. The maximum atomic E-state index is 2.47. The maximum absolute atomic E-state index is 2.47. The normalized spacial score (nSPS) is 21.5.